The molecule has 1 aromatic heterocycles. The summed E-state index contributed by atoms with van der Waals surface area (Å²) in [5, 5.41) is 8.63. The number of carbonyl (C=O) groups excluding carboxylic acids is 4. The van der Waals surface area contributed by atoms with Crippen molar-refractivity contribution in [2.75, 3.05) is 33.9 Å². The molecule has 0 saturated carbocycles. The third-order valence-electron chi connectivity index (χ3n) is 10.2. The highest BCUT2D eigenvalue weighted by Gasteiger charge is 2.41. The molecule has 3 aliphatic rings. The lowest BCUT2D eigenvalue weighted by atomic mass is 9.97. The number of nitrogens with one attached hydrogen (secondary N) is 4. The maximum Gasteiger partial charge on any atom is 0.407 e. The molecule has 2 aromatic carbocycles. The van der Waals surface area contributed by atoms with Gasteiger partial charge in [0, 0.05) is 31.1 Å². The number of methoxy groups -OCH3 is 2. The number of aromatic nitrogens is 2. The van der Waals surface area contributed by atoms with Gasteiger partial charge in [-0.1, -0.05) is 61.9 Å². The highest BCUT2D eigenvalue weighted by Crippen LogP contribution is 2.39. The van der Waals surface area contributed by atoms with Crippen molar-refractivity contribution in [3.8, 4) is 22.4 Å². The minimum Gasteiger partial charge on any atom is -0.453 e. The largest absolute Gasteiger partial charge is 0.453 e. The molecule has 2 saturated heterocycles. The highest BCUT2D eigenvalue weighted by molar-refractivity contribution is 5.86. The molecule has 4 heterocycles. The number of hydrogen-bond acceptors (Lipinski definition) is 9. The number of hydrogen-bond donors (Lipinski definition) is 4. The fourth-order valence-electron chi connectivity index (χ4n) is 7.37. The van der Waals surface area contributed by atoms with E-state index in [2.05, 4.69) is 78.7 Å². The van der Waals surface area contributed by atoms with Gasteiger partial charge in [-0.2, -0.15) is 0 Å². The molecule has 2 fully saturated rings. The number of likely N-dealkylation sites (tertiary alicyclic amines) is 2. The standard InChI is InChI=1S/C38H46N8O6/c1-5-24-16-18-46(36(48)23(2)42-38(50)52-4)34(24)35-40-21-30(44-35)28-14-10-26(11-15-28)25-8-12-27(13-9-25)29-19-39-20-31(43-29)32-7-6-17-45(32)33(47)22-41-37(49)51-3/h8-15,19-21,23-24,31-32,34,43H,5-7,16-18,22H2,1-4H3,(H,40,44)(H,41,49)(H,42,50)/t23-,24-,31?,32-,34-/m0/s1. The van der Waals surface area contributed by atoms with Gasteiger partial charge in [0.05, 0.1) is 49.9 Å². The van der Waals surface area contributed by atoms with Gasteiger partial charge in [-0.05, 0) is 48.8 Å². The van der Waals surface area contributed by atoms with Crippen LogP contribution in [0.3, 0.4) is 0 Å². The van der Waals surface area contributed by atoms with Crippen LogP contribution in [-0.2, 0) is 19.1 Å². The molecular weight excluding hydrogens is 664 g/mol. The molecule has 3 aliphatic heterocycles. The van der Waals surface area contributed by atoms with Crippen molar-refractivity contribution in [1.82, 2.24) is 35.7 Å². The minimum absolute atomic E-state index is 0.0746. The van der Waals surface area contributed by atoms with Crippen LogP contribution < -0.4 is 16.0 Å². The van der Waals surface area contributed by atoms with E-state index >= 15 is 0 Å². The van der Waals surface area contributed by atoms with Gasteiger partial charge in [0.2, 0.25) is 11.8 Å². The Morgan fingerprint density at radius 3 is 2.25 bits per heavy atom. The van der Waals surface area contributed by atoms with Gasteiger partial charge in [-0.15, -0.1) is 0 Å². The number of imidazole rings is 1. The smallest absolute Gasteiger partial charge is 0.407 e. The Hall–Kier alpha value is -5.66. The molecule has 3 aromatic rings. The van der Waals surface area contributed by atoms with Crippen molar-refractivity contribution in [3.63, 3.8) is 0 Å². The summed E-state index contributed by atoms with van der Waals surface area (Å²) in [5.74, 6) is 0.666. The summed E-state index contributed by atoms with van der Waals surface area (Å²) in [7, 11) is 2.55. The molecule has 0 aliphatic carbocycles. The number of aromatic amines is 1. The van der Waals surface area contributed by atoms with E-state index < -0.39 is 18.2 Å². The monoisotopic (exact) mass is 710 g/mol. The number of amides is 4. The Bertz CT molecular complexity index is 1820. The van der Waals surface area contributed by atoms with Crippen LogP contribution in [0, 0.1) is 5.92 Å². The summed E-state index contributed by atoms with van der Waals surface area (Å²) >= 11 is 0. The van der Waals surface area contributed by atoms with Crippen LogP contribution in [0.1, 0.15) is 57.0 Å². The molecule has 274 valence electrons. The van der Waals surface area contributed by atoms with Crippen LogP contribution in [0.2, 0.25) is 0 Å². The lowest BCUT2D eigenvalue weighted by molar-refractivity contribution is -0.134. The second-order valence-electron chi connectivity index (χ2n) is 13.3. The van der Waals surface area contributed by atoms with Crippen molar-refractivity contribution >= 4 is 35.9 Å². The van der Waals surface area contributed by atoms with Gasteiger partial charge < -0.3 is 40.2 Å². The number of alkyl carbamates (subject to hydrolysis) is 2. The van der Waals surface area contributed by atoms with Crippen LogP contribution >= 0.6 is 0 Å². The Morgan fingerprint density at radius 1 is 0.904 bits per heavy atom. The average molecular weight is 711 g/mol. The van der Waals surface area contributed by atoms with Gasteiger partial charge in [0.25, 0.3) is 0 Å². The van der Waals surface area contributed by atoms with Crippen molar-refractivity contribution < 1.29 is 28.7 Å². The predicted molar refractivity (Wildman–Crippen MR) is 196 cm³/mol. The number of aliphatic imine (C=N–C) groups is 1. The number of ether oxygens (including phenoxy) is 2. The number of carbonyl (C=O) groups is 4. The van der Waals surface area contributed by atoms with Gasteiger partial charge in [-0.3, -0.25) is 14.6 Å². The van der Waals surface area contributed by atoms with E-state index in [9.17, 15) is 19.2 Å². The molecule has 5 atom stereocenters. The Balaban J connectivity index is 1.09. The zero-order valence-corrected chi connectivity index (χ0v) is 29.9. The van der Waals surface area contributed by atoms with Crippen molar-refractivity contribution in [2.24, 2.45) is 10.9 Å². The molecule has 14 nitrogen and oxygen atoms in total. The summed E-state index contributed by atoms with van der Waals surface area (Å²) in [6.45, 7) is 4.90. The average Bonchev–Trinajstić information content (AvgIpc) is 3.97. The van der Waals surface area contributed by atoms with Gasteiger partial charge in [-0.25, -0.2) is 14.6 Å². The molecule has 0 bridgehead atoms. The van der Waals surface area contributed by atoms with Crippen LogP contribution in [0.5, 0.6) is 0 Å². The summed E-state index contributed by atoms with van der Waals surface area (Å²) < 4.78 is 9.27. The zero-order valence-electron chi connectivity index (χ0n) is 29.9. The number of H-pyrrole nitrogens is 1. The number of nitrogens with zero attached hydrogens (tertiary/aromatic N) is 4. The molecular formula is C38H46N8O6. The van der Waals surface area contributed by atoms with E-state index in [1.54, 1.807) is 18.0 Å². The van der Waals surface area contributed by atoms with E-state index in [4.69, 9.17) is 4.98 Å². The zero-order chi connectivity index (χ0) is 36.8. The van der Waals surface area contributed by atoms with Crippen LogP contribution in [-0.4, -0.2) is 102 Å². The highest BCUT2D eigenvalue weighted by atomic mass is 16.5. The van der Waals surface area contributed by atoms with Crippen LogP contribution in [0.15, 0.2) is 65.9 Å². The Kier molecular flexibility index (Phi) is 11.2. The van der Waals surface area contributed by atoms with Gasteiger partial charge in [0.15, 0.2) is 0 Å². The van der Waals surface area contributed by atoms with Crippen molar-refractivity contribution in [2.45, 2.75) is 63.7 Å². The second-order valence-corrected chi connectivity index (χ2v) is 13.3. The van der Waals surface area contributed by atoms with E-state index in [0.717, 1.165) is 65.2 Å². The number of benzene rings is 2. The summed E-state index contributed by atoms with van der Waals surface area (Å²) in [6, 6.07) is 15.3. The summed E-state index contributed by atoms with van der Waals surface area (Å²) in [6.07, 6.45) is 7.71. The Labute approximate surface area is 303 Å². The molecule has 14 heteroatoms. The third kappa shape index (κ3) is 7.80. The van der Waals surface area contributed by atoms with E-state index in [1.165, 1.54) is 14.2 Å². The lowest BCUT2D eigenvalue weighted by Gasteiger charge is -2.32. The quantitative estimate of drug-likeness (QED) is 0.239. The molecule has 0 spiro atoms. The third-order valence-corrected chi connectivity index (χ3v) is 10.2. The maximum absolute atomic E-state index is 13.3. The predicted octanol–water partition coefficient (Wildman–Crippen LogP) is 4.48. The van der Waals surface area contributed by atoms with E-state index in [1.807, 2.05) is 29.4 Å². The first-order chi connectivity index (χ1) is 25.2. The normalized spacial score (nSPS) is 21.6. The van der Waals surface area contributed by atoms with E-state index in [-0.39, 0.29) is 42.4 Å². The summed E-state index contributed by atoms with van der Waals surface area (Å²) in [5.41, 5.74) is 5.71. The minimum atomic E-state index is -0.716. The molecule has 4 amide bonds. The first-order valence-electron chi connectivity index (χ1n) is 17.7. The fourth-order valence-corrected chi connectivity index (χ4v) is 7.37. The van der Waals surface area contributed by atoms with E-state index in [0.29, 0.717) is 13.1 Å². The Morgan fingerprint density at radius 2 is 1.58 bits per heavy atom. The van der Waals surface area contributed by atoms with Gasteiger partial charge in [0.1, 0.15) is 18.4 Å². The molecule has 0 radical (unpaired) electrons. The molecule has 52 heavy (non-hydrogen) atoms. The SMILES string of the molecule is CC[C@H]1CCN(C(=O)[C@H](C)NC(=O)OC)[C@@H]1c1nc(-c2ccc(-c3ccc(C4=CN=CC([C@@H]5CCCN5C(=O)CNC(=O)OC)N4)cc3)cc2)c[nH]1. The maximum atomic E-state index is 13.3. The second kappa shape index (κ2) is 16.1. The van der Waals surface area contributed by atoms with Crippen molar-refractivity contribution in [1.29, 1.82) is 0 Å². The van der Waals surface area contributed by atoms with Crippen LogP contribution in [0.4, 0.5) is 9.59 Å². The van der Waals surface area contributed by atoms with Gasteiger partial charge >= 0.3 is 12.2 Å². The summed E-state index contributed by atoms with van der Waals surface area (Å²) in [4.78, 5) is 65.8. The molecule has 1 unspecified atom stereocenters. The first-order valence-corrected chi connectivity index (χ1v) is 17.7. The van der Waals surface area contributed by atoms with Crippen LogP contribution in [0.25, 0.3) is 28.1 Å². The first kappa shape index (κ1) is 36.1. The fraction of sp³-hybridized carbons (Fsp3) is 0.421. The molecule has 6 rings (SSSR count). The lowest BCUT2D eigenvalue weighted by Crippen LogP contribution is -2.52. The topological polar surface area (TPSA) is 170 Å². The molecule has 4 N–H and O–H groups in total. The van der Waals surface area contributed by atoms with Crippen molar-refractivity contribution in [3.05, 3.63) is 72.3 Å². The number of rotatable bonds is 10.